The number of ether oxygens (including phenoxy) is 1. The van der Waals surface area contributed by atoms with E-state index in [1.165, 1.54) is 6.42 Å². The Hall–Kier alpha value is -2.08. The summed E-state index contributed by atoms with van der Waals surface area (Å²) in [5, 5.41) is 10.0. The average molecular weight is 224 g/mol. The molecule has 0 radical (unpaired) electrons. The molecule has 0 bridgehead atoms. The number of fused-ring (bicyclic) bond motifs is 1. The number of nitriles is 1. The van der Waals surface area contributed by atoms with Gasteiger partial charge in [0, 0.05) is 11.5 Å². The zero-order valence-corrected chi connectivity index (χ0v) is 9.39. The van der Waals surface area contributed by atoms with Crippen LogP contribution < -0.4 is 4.74 Å². The van der Waals surface area contributed by atoms with Gasteiger partial charge in [0.2, 0.25) is 5.88 Å². The van der Waals surface area contributed by atoms with Crippen molar-refractivity contribution in [1.29, 1.82) is 5.26 Å². The number of benzene rings is 1. The number of hydrogen-bond acceptors (Lipinski definition) is 3. The average Bonchev–Trinajstić information content (AvgIpc) is 2.33. The highest BCUT2D eigenvalue weighted by atomic mass is 16.5. The predicted molar refractivity (Wildman–Crippen MR) is 64.7 cm³/mol. The third kappa shape index (κ3) is 1.83. The molecule has 3 rings (SSSR count). The van der Waals surface area contributed by atoms with Crippen LogP contribution in [-0.2, 0) is 0 Å². The van der Waals surface area contributed by atoms with Gasteiger partial charge in [-0.1, -0.05) is 18.2 Å². The number of para-hydroxylation sites is 1. The largest absolute Gasteiger partial charge is 0.474 e. The SMILES string of the molecule is N#Cc1cc(OC2CCC2)nc2ccccc12. The van der Waals surface area contributed by atoms with E-state index in [0.717, 1.165) is 23.7 Å². The van der Waals surface area contributed by atoms with Crippen LogP contribution in [0, 0.1) is 11.3 Å². The summed E-state index contributed by atoms with van der Waals surface area (Å²) in [7, 11) is 0. The van der Waals surface area contributed by atoms with Gasteiger partial charge in [0.05, 0.1) is 11.1 Å². The van der Waals surface area contributed by atoms with Gasteiger partial charge in [-0.15, -0.1) is 0 Å². The van der Waals surface area contributed by atoms with Gasteiger partial charge in [0.1, 0.15) is 12.2 Å². The molecule has 84 valence electrons. The zero-order valence-electron chi connectivity index (χ0n) is 9.39. The second kappa shape index (κ2) is 4.06. The molecule has 3 nitrogen and oxygen atoms in total. The molecule has 2 aromatic rings. The van der Waals surface area contributed by atoms with Crippen molar-refractivity contribution in [2.75, 3.05) is 0 Å². The Morgan fingerprint density at radius 2 is 2.12 bits per heavy atom. The van der Waals surface area contributed by atoms with Crippen molar-refractivity contribution in [3.8, 4) is 11.9 Å². The monoisotopic (exact) mass is 224 g/mol. The highest BCUT2D eigenvalue weighted by molar-refractivity contribution is 5.85. The van der Waals surface area contributed by atoms with Gasteiger partial charge in [-0.2, -0.15) is 5.26 Å². The van der Waals surface area contributed by atoms with E-state index in [0.29, 0.717) is 11.4 Å². The molecule has 3 heteroatoms. The van der Waals surface area contributed by atoms with Crippen LogP contribution >= 0.6 is 0 Å². The lowest BCUT2D eigenvalue weighted by molar-refractivity contribution is 0.115. The number of pyridine rings is 1. The van der Waals surface area contributed by atoms with E-state index < -0.39 is 0 Å². The second-order valence-electron chi connectivity index (χ2n) is 4.31. The van der Waals surface area contributed by atoms with E-state index in [-0.39, 0.29) is 6.10 Å². The summed E-state index contributed by atoms with van der Waals surface area (Å²) in [6.45, 7) is 0. The molecule has 1 saturated carbocycles. The quantitative estimate of drug-likeness (QED) is 0.787. The molecule has 0 spiro atoms. The number of rotatable bonds is 2. The van der Waals surface area contributed by atoms with Crippen molar-refractivity contribution in [3.05, 3.63) is 35.9 Å². The first-order valence-corrected chi connectivity index (χ1v) is 5.83. The second-order valence-corrected chi connectivity index (χ2v) is 4.31. The Morgan fingerprint density at radius 1 is 1.29 bits per heavy atom. The Bertz CT molecular complexity index is 597. The Morgan fingerprint density at radius 3 is 2.82 bits per heavy atom. The summed E-state index contributed by atoms with van der Waals surface area (Å²) in [6, 6.07) is 11.6. The fraction of sp³-hybridized carbons (Fsp3) is 0.286. The van der Waals surface area contributed by atoms with Crippen LogP contribution in [0.3, 0.4) is 0 Å². The lowest BCUT2D eigenvalue weighted by atomic mass is 9.96. The normalized spacial score (nSPS) is 15.2. The maximum atomic E-state index is 9.13. The molecule has 0 amide bonds. The molecule has 17 heavy (non-hydrogen) atoms. The number of nitrogens with zero attached hydrogens (tertiary/aromatic N) is 2. The third-order valence-electron chi connectivity index (χ3n) is 3.15. The summed E-state index contributed by atoms with van der Waals surface area (Å²) >= 11 is 0. The van der Waals surface area contributed by atoms with Crippen LogP contribution in [0.4, 0.5) is 0 Å². The minimum Gasteiger partial charge on any atom is -0.474 e. The summed E-state index contributed by atoms with van der Waals surface area (Å²) in [5.74, 6) is 0.574. The minimum atomic E-state index is 0.287. The molecule has 1 aromatic carbocycles. The van der Waals surface area contributed by atoms with Crippen molar-refractivity contribution < 1.29 is 4.74 Å². The smallest absolute Gasteiger partial charge is 0.215 e. The maximum Gasteiger partial charge on any atom is 0.215 e. The zero-order chi connectivity index (χ0) is 11.7. The summed E-state index contributed by atoms with van der Waals surface area (Å²) < 4.78 is 5.74. The highest BCUT2D eigenvalue weighted by Gasteiger charge is 2.20. The van der Waals surface area contributed by atoms with Crippen molar-refractivity contribution in [3.63, 3.8) is 0 Å². The van der Waals surface area contributed by atoms with Gasteiger partial charge in [-0.25, -0.2) is 4.98 Å². The van der Waals surface area contributed by atoms with Crippen LogP contribution in [0.25, 0.3) is 10.9 Å². The first-order chi connectivity index (χ1) is 8.36. The molecule has 0 N–H and O–H groups in total. The lowest BCUT2D eigenvalue weighted by Crippen LogP contribution is -2.25. The fourth-order valence-electron chi connectivity index (χ4n) is 1.96. The summed E-state index contributed by atoms with van der Waals surface area (Å²) in [6.07, 6.45) is 3.70. The van der Waals surface area contributed by atoms with Crippen LogP contribution in [-0.4, -0.2) is 11.1 Å². The highest BCUT2D eigenvalue weighted by Crippen LogP contribution is 2.27. The Labute approximate surface area is 99.7 Å². The van der Waals surface area contributed by atoms with Crippen molar-refractivity contribution in [2.24, 2.45) is 0 Å². The molecule has 1 heterocycles. The van der Waals surface area contributed by atoms with Gasteiger partial charge < -0.3 is 4.74 Å². The number of hydrogen-bond donors (Lipinski definition) is 0. The van der Waals surface area contributed by atoms with Crippen LogP contribution in [0.1, 0.15) is 24.8 Å². The molecular formula is C14H12N2O. The standard InChI is InChI=1S/C14H12N2O/c15-9-10-8-14(17-11-4-3-5-11)16-13-7-2-1-6-12(10)13/h1-2,6-8,11H,3-5H2. The van der Waals surface area contributed by atoms with E-state index in [4.69, 9.17) is 10.00 Å². The molecular weight excluding hydrogens is 212 g/mol. The first kappa shape index (κ1) is 10.1. The molecule has 0 unspecified atom stereocenters. The van der Waals surface area contributed by atoms with Crippen LogP contribution in [0.2, 0.25) is 0 Å². The van der Waals surface area contributed by atoms with Crippen molar-refractivity contribution in [1.82, 2.24) is 4.98 Å². The van der Waals surface area contributed by atoms with Crippen molar-refractivity contribution >= 4 is 10.9 Å². The predicted octanol–water partition coefficient (Wildman–Crippen LogP) is 3.04. The summed E-state index contributed by atoms with van der Waals surface area (Å²) in [4.78, 5) is 4.43. The van der Waals surface area contributed by atoms with Gasteiger partial charge in [0.15, 0.2) is 0 Å². The maximum absolute atomic E-state index is 9.13. The molecule has 0 atom stereocenters. The Balaban J connectivity index is 2.05. The van der Waals surface area contributed by atoms with Gasteiger partial charge in [0.25, 0.3) is 0 Å². The lowest BCUT2D eigenvalue weighted by Gasteiger charge is -2.25. The van der Waals surface area contributed by atoms with Crippen LogP contribution in [0.15, 0.2) is 30.3 Å². The van der Waals surface area contributed by atoms with E-state index in [2.05, 4.69) is 11.1 Å². The van der Waals surface area contributed by atoms with E-state index >= 15 is 0 Å². The first-order valence-electron chi connectivity index (χ1n) is 5.83. The van der Waals surface area contributed by atoms with Crippen LogP contribution in [0.5, 0.6) is 5.88 Å². The molecule has 1 aliphatic rings. The molecule has 1 fully saturated rings. The van der Waals surface area contributed by atoms with E-state index in [1.807, 2.05) is 24.3 Å². The van der Waals surface area contributed by atoms with E-state index in [1.54, 1.807) is 6.07 Å². The van der Waals surface area contributed by atoms with Gasteiger partial charge >= 0.3 is 0 Å². The van der Waals surface area contributed by atoms with Crippen molar-refractivity contribution in [2.45, 2.75) is 25.4 Å². The molecule has 0 saturated heterocycles. The van der Waals surface area contributed by atoms with E-state index in [9.17, 15) is 0 Å². The topological polar surface area (TPSA) is 45.9 Å². The third-order valence-corrected chi connectivity index (χ3v) is 3.15. The number of aromatic nitrogens is 1. The molecule has 1 aliphatic carbocycles. The summed E-state index contributed by atoms with van der Waals surface area (Å²) in [5.41, 5.74) is 1.45. The minimum absolute atomic E-state index is 0.287. The fourth-order valence-corrected chi connectivity index (χ4v) is 1.96. The van der Waals surface area contributed by atoms with Gasteiger partial charge in [-0.05, 0) is 25.3 Å². The molecule has 0 aliphatic heterocycles. The Kier molecular flexibility index (Phi) is 2.41. The van der Waals surface area contributed by atoms with Gasteiger partial charge in [-0.3, -0.25) is 0 Å². The molecule has 1 aromatic heterocycles.